The monoisotopic (exact) mass is 234 g/mol. The van der Waals surface area contributed by atoms with Gasteiger partial charge >= 0.3 is 0 Å². The van der Waals surface area contributed by atoms with Crippen LogP contribution in [0.2, 0.25) is 0 Å². The lowest BCUT2D eigenvalue weighted by Gasteiger charge is -2.24. The molecule has 17 heavy (non-hydrogen) atoms. The molecule has 0 bridgehead atoms. The second kappa shape index (κ2) is 4.24. The van der Waals surface area contributed by atoms with E-state index in [1.165, 1.54) is 0 Å². The Morgan fingerprint density at radius 3 is 2.71 bits per heavy atom. The molecule has 0 saturated carbocycles. The van der Waals surface area contributed by atoms with Crippen LogP contribution in [0.15, 0.2) is 12.1 Å². The van der Waals surface area contributed by atoms with Gasteiger partial charge in [0.15, 0.2) is 5.82 Å². The number of rotatable bonds is 2. The van der Waals surface area contributed by atoms with E-state index in [-0.39, 0.29) is 5.69 Å². The summed E-state index contributed by atoms with van der Waals surface area (Å²) in [6.45, 7) is 5.26. The number of nitrogens with zero attached hydrogens (tertiary/aromatic N) is 2. The summed E-state index contributed by atoms with van der Waals surface area (Å²) in [6, 6.07) is 3.65. The van der Waals surface area contributed by atoms with Crippen LogP contribution in [0.5, 0.6) is 0 Å². The molecule has 0 radical (unpaired) electrons. The molecule has 1 aliphatic heterocycles. The number of nitrogens with two attached hydrogens (primary N) is 2. The first kappa shape index (κ1) is 11.7. The number of anilines is 2. The number of primary amides is 1. The molecule has 4 N–H and O–H groups in total. The van der Waals surface area contributed by atoms with E-state index in [0.29, 0.717) is 23.5 Å². The van der Waals surface area contributed by atoms with Crippen molar-refractivity contribution in [2.24, 2.45) is 11.7 Å². The van der Waals surface area contributed by atoms with E-state index in [0.717, 1.165) is 13.0 Å². The van der Waals surface area contributed by atoms with Crippen LogP contribution in [0.1, 0.15) is 30.8 Å². The normalized spacial score (nSPS) is 24.0. The summed E-state index contributed by atoms with van der Waals surface area (Å²) in [6.07, 6.45) is 1.11. The standard InChI is InChI=1S/C12H18N4O/c1-7-5-8(2)16(6-7)12-9(13)3-4-10(15-12)11(14)17/h3-4,7-8H,5-6,13H2,1-2H3,(H2,14,17). The highest BCUT2D eigenvalue weighted by Gasteiger charge is 2.28. The zero-order valence-corrected chi connectivity index (χ0v) is 10.2. The third-order valence-corrected chi connectivity index (χ3v) is 3.21. The Bertz CT molecular complexity index is 446. The third-order valence-electron chi connectivity index (χ3n) is 3.21. The van der Waals surface area contributed by atoms with E-state index >= 15 is 0 Å². The Labute approximate surface area is 101 Å². The summed E-state index contributed by atoms with van der Waals surface area (Å²) in [5.41, 5.74) is 12.0. The molecule has 1 aromatic heterocycles. The minimum absolute atomic E-state index is 0.265. The molecule has 0 aromatic carbocycles. The lowest BCUT2D eigenvalue weighted by molar-refractivity contribution is 0.0995. The highest BCUT2D eigenvalue weighted by molar-refractivity contribution is 5.92. The summed E-state index contributed by atoms with van der Waals surface area (Å²) in [7, 11) is 0. The zero-order valence-electron chi connectivity index (χ0n) is 10.2. The highest BCUT2D eigenvalue weighted by atomic mass is 16.1. The predicted molar refractivity (Wildman–Crippen MR) is 67.8 cm³/mol. The topological polar surface area (TPSA) is 85.2 Å². The van der Waals surface area contributed by atoms with Gasteiger partial charge < -0.3 is 16.4 Å². The third kappa shape index (κ3) is 2.18. The minimum atomic E-state index is -0.522. The van der Waals surface area contributed by atoms with Crippen molar-refractivity contribution in [1.82, 2.24) is 4.98 Å². The van der Waals surface area contributed by atoms with Crippen molar-refractivity contribution in [3.63, 3.8) is 0 Å². The number of carbonyl (C=O) groups is 1. The van der Waals surface area contributed by atoms with Gasteiger partial charge in [-0.2, -0.15) is 0 Å². The van der Waals surface area contributed by atoms with Crippen LogP contribution in [0.4, 0.5) is 11.5 Å². The fourth-order valence-corrected chi connectivity index (χ4v) is 2.42. The molecule has 1 amide bonds. The van der Waals surface area contributed by atoms with E-state index < -0.39 is 5.91 Å². The van der Waals surface area contributed by atoms with E-state index in [9.17, 15) is 4.79 Å². The molecule has 1 saturated heterocycles. The number of hydrogen-bond acceptors (Lipinski definition) is 4. The first-order chi connectivity index (χ1) is 7.99. The summed E-state index contributed by atoms with van der Waals surface area (Å²) >= 11 is 0. The van der Waals surface area contributed by atoms with Gasteiger partial charge in [0.1, 0.15) is 5.69 Å². The fraction of sp³-hybridized carbons (Fsp3) is 0.500. The van der Waals surface area contributed by atoms with Crippen LogP contribution in [-0.4, -0.2) is 23.5 Å². The van der Waals surface area contributed by atoms with E-state index in [1.807, 2.05) is 0 Å². The van der Waals surface area contributed by atoms with Crippen LogP contribution >= 0.6 is 0 Å². The second-order valence-corrected chi connectivity index (χ2v) is 4.82. The average Bonchev–Trinajstić information content (AvgIpc) is 2.58. The van der Waals surface area contributed by atoms with Gasteiger partial charge in [0.05, 0.1) is 5.69 Å². The molecule has 0 spiro atoms. The Balaban J connectivity index is 2.37. The van der Waals surface area contributed by atoms with Crippen molar-refractivity contribution < 1.29 is 4.79 Å². The van der Waals surface area contributed by atoms with Gasteiger partial charge in [-0.3, -0.25) is 4.79 Å². The number of amides is 1. The summed E-state index contributed by atoms with van der Waals surface area (Å²) in [5.74, 6) is 0.771. The van der Waals surface area contributed by atoms with E-state index in [4.69, 9.17) is 11.5 Å². The number of hydrogen-bond donors (Lipinski definition) is 2. The van der Waals surface area contributed by atoms with E-state index in [2.05, 4.69) is 23.7 Å². The summed E-state index contributed by atoms with van der Waals surface area (Å²) < 4.78 is 0. The maximum absolute atomic E-state index is 11.1. The minimum Gasteiger partial charge on any atom is -0.396 e. The van der Waals surface area contributed by atoms with Gasteiger partial charge in [0, 0.05) is 12.6 Å². The molecular formula is C12H18N4O. The Morgan fingerprint density at radius 1 is 1.47 bits per heavy atom. The molecule has 2 rings (SSSR count). The Hall–Kier alpha value is -1.78. The molecule has 2 heterocycles. The Kier molecular flexibility index (Phi) is 2.92. The highest BCUT2D eigenvalue weighted by Crippen LogP contribution is 2.31. The van der Waals surface area contributed by atoms with Gasteiger partial charge in [0.2, 0.25) is 0 Å². The van der Waals surface area contributed by atoms with Crippen molar-refractivity contribution >= 4 is 17.4 Å². The van der Waals surface area contributed by atoms with Crippen molar-refractivity contribution in [2.45, 2.75) is 26.3 Å². The summed E-state index contributed by atoms with van der Waals surface area (Å²) in [5, 5.41) is 0. The molecule has 1 aromatic rings. The quantitative estimate of drug-likeness (QED) is 0.799. The lowest BCUT2D eigenvalue weighted by Crippen LogP contribution is -2.29. The van der Waals surface area contributed by atoms with Crippen molar-refractivity contribution in [3.05, 3.63) is 17.8 Å². The largest absolute Gasteiger partial charge is 0.396 e. The number of aromatic nitrogens is 1. The van der Waals surface area contributed by atoms with Crippen LogP contribution in [0, 0.1) is 5.92 Å². The first-order valence-electron chi connectivity index (χ1n) is 5.82. The molecule has 2 atom stereocenters. The molecule has 1 fully saturated rings. The molecule has 0 aliphatic carbocycles. The number of pyridine rings is 1. The van der Waals surface area contributed by atoms with Gasteiger partial charge in [0.25, 0.3) is 5.91 Å². The smallest absolute Gasteiger partial charge is 0.267 e. The molecule has 2 unspecified atom stereocenters. The van der Waals surface area contributed by atoms with Gasteiger partial charge in [-0.1, -0.05) is 6.92 Å². The first-order valence-corrected chi connectivity index (χ1v) is 5.82. The number of nitrogen functional groups attached to an aromatic ring is 1. The zero-order chi connectivity index (χ0) is 12.6. The molecule has 5 nitrogen and oxygen atoms in total. The van der Waals surface area contributed by atoms with Gasteiger partial charge in [-0.05, 0) is 31.4 Å². The van der Waals surface area contributed by atoms with Crippen LogP contribution < -0.4 is 16.4 Å². The second-order valence-electron chi connectivity index (χ2n) is 4.82. The molecule has 5 heteroatoms. The maximum atomic E-state index is 11.1. The van der Waals surface area contributed by atoms with Crippen molar-refractivity contribution in [2.75, 3.05) is 17.2 Å². The van der Waals surface area contributed by atoms with E-state index in [1.54, 1.807) is 12.1 Å². The van der Waals surface area contributed by atoms with Crippen molar-refractivity contribution in [1.29, 1.82) is 0 Å². The SMILES string of the molecule is CC1CC(C)N(c2nc(C(N)=O)ccc2N)C1. The van der Waals surface area contributed by atoms with Crippen LogP contribution in [0.3, 0.4) is 0 Å². The summed E-state index contributed by atoms with van der Waals surface area (Å²) in [4.78, 5) is 17.5. The maximum Gasteiger partial charge on any atom is 0.267 e. The molecule has 1 aliphatic rings. The average molecular weight is 234 g/mol. The lowest BCUT2D eigenvalue weighted by atomic mass is 10.1. The predicted octanol–water partition coefficient (Wildman–Crippen LogP) is 0.997. The molecular weight excluding hydrogens is 216 g/mol. The fourth-order valence-electron chi connectivity index (χ4n) is 2.42. The molecule has 92 valence electrons. The van der Waals surface area contributed by atoms with Crippen molar-refractivity contribution in [3.8, 4) is 0 Å². The van der Waals surface area contributed by atoms with Crippen LogP contribution in [-0.2, 0) is 0 Å². The number of carbonyl (C=O) groups excluding carboxylic acids is 1. The van der Waals surface area contributed by atoms with Gasteiger partial charge in [-0.25, -0.2) is 4.98 Å². The Morgan fingerprint density at radius 2 is 2.18 bits per heavy atom. The van der Waals surface area contributed by atoms with Gasteiger partial charge in [-0.15, -0.1) is 0 Å². The van der Waals surface area contributed by atoms with Crippen LogP contribution in [0.25, 0.3) is 0 Å².